The van der Waals surface area contributed by atoms with Gasteiger partial charge >= 0.3 is 7.60 Å². The van der Waals surface area contributed by atoms with Gasteiger partial charge in [0.15, 0.2) is 0 Å². The molecule has 2 rings (SSSR count). The molecule has 0 unspecified atom stereocenters. The standard InChI is InChI=1S/C19H21O3PS/c1-16(18-9-5-3-6-10-18)13-21-23(20,15-24)22-14-17(2)19-11-7-4-8-12-19/h3-12,24H,1-2,13-15H2. The van der Waals surface area contributed by atoms with E-state index in [-0.39, 0.29) is 18.7 Å². The smallest absolute Gasteiger partial charge is 0.303 e. The molecule has 0 spiro atoms. The molecule has 0 aliphatic carbocycles. The second kappa shape index (κ2) is 9.05. The van der Waals surface area contributed by atoms with E-state index in [4.69, 9.17) is 9.05 Å². The lowest BCUT2D eigenvalue weighted by Gasteiger charge is -2.18. The van der Waals surface area contributed by atoms with E-state index in [0.717, 1.165) is 22.3 Å². The van der Waals surface area contributed by atoms with E-state index in [1.54, 1.807) is 0 Å². The Morgan fingerprint density at radius 3 is 1.54 bits per heavy atom. The highest BCUT2D eigenvalue weighted by Gasteiger charge is 2.23. The molecule has 2 aromatic carbocycles. The molecule has 0 radical (unpaired) electrons. The summed E-state index contributed by atoms with van der Waals surface area (Å²) in [5, 5.41) is 0. The molecule has 0 atom stereocenters. The second-order valence-electron chi connectivity index (χ2n) is 5.24. The third kappa shape index (κ3) is 5.50. The third-order valence-electron chi connectivity index (χ3n) is 3.41. The Labute approximate surface area is 149 Å². The highest BCUT2D eigenvalue weighted by molar-refractivity contribution is 7.88. The van der Waals surface area contributed by atoms with E-state index in [9.17, 15) is 4.57 Å². The molecule has 3 nitrogen and oxygen atoms in total. The zero-order valence-electron chi connectivity index (χ0n) is 13.4. The van der Waals surface area contributed by atoms with E-state index in [0.29, 0.717) is 0 Å². The van der Waals surface area contributed by atoms with Crippen LogP contribution in [0.2, 0.25) is 0 Å². The van der Waals surface area contributed by atoms with Gasteiger partial charge in [-0.2, -0.15) is 12.6 Å². The zero-order chi connectivity index (χ0) is 17.4. The monoisotopic (exact) mass is 360 g/mol. The lowest BCUT2D eigenvalue weighted by atomic mass is 10.1. The summed E-state index contributed by atoms with van der Waals surface area (Å²) in [4.78, 5) is 0. The Kier molecular flexibility index (Phi) is 7.07. The summed E-state index contributed by atoms with van der Waals surface area (Å²) in [5.74, 6) is 0. The summed E-state index contributed by atoms with van der Waals surface area (Å²) in [6.45, 7) is 8.17. The van der Waals surface area contributed by atoms with Crippen LogP contribution in [0.1, 0.15) is 11.1 Å². The largest absolute Gasteiger partial charge is 0.340 e. The summed E-state index contributed by atoms with van der Waals surface area (Å²) in [6, 6.07) is 19.2. The number of thiol groups is 1. The van der Waals surface area contributed by atoms with Crippen LogP contribution in [-0.4, -0.2) is 18.7 Å². The molecule has 0 amide bonds. The van der Waals surface area contributed by atoms with Gasteiger partial charge < -0.3 is 9.05 Å². The van der Waals surface area contributed by atoms with Gasteiger partial charge in [0, 0.05) is 0 Å². The molecule has 0 N–H and O–H groups in total. The summed E-state index contributed by atoms with van der Waals surface area (Å²) >= 11 is 4.11. The van der Waals surface area contributed by atoms with Gasteiger partial charge in [-0.1, -0.05) is 73.8 Å². The average Bonchev–Trinajstić information content (AvgIpc) is 2.65. The average molecular weight is 360 g/mol. The maximum atomic E-state index is 12.7. The molecule has 0 fully saturated rings. The van der Waals surface area contributed by atoms with Crippen LogP contribution in [0.3, 0.4) is 0 Å². The highest BCUT2D eigenvalue weighted by atomic mass is 32.1. The van der Waals surface area contributed by atoms with E-state index in [1.165, 1.54) is 0 Å². The minimum absolute atomic E-state index is 0.00284. The van der Waals surface area contributed by atoms with Gasteiger partial charge in [-0.05, 0) is 22.3 Å². The molecule has 0 aliphatic heterocycles. The van der Waals surface area contributed by atoms with Crippen molar-refractivity contribution in [1.82, 2.24) is 0 Å². The van der Waals surface area contributed by atoms with Gasteiger partial charge in [-0.15, -0.1) is 0 Å². The Balaban J connectivity index is 1.90. The minimum Gasteiger partial charge on any atom is -0.303 e. The maximum Gasteiger partial charge on any atom is 0.340 e. The van der Waals surface area contributed by atoms with Crippen LogP contribution in [0, 0.1) is 0 Å². The van der Waals surface area contributed by atoms with Crippen LogP contribution >= 0.6 is 20.2 Å². The summed E-state index contributed by atoms with van der Waals surface area (Å²) in [7, 11) is -3.31. The third-order valence-corrected chi connectivity index (χ3v) is 5.84. The van der Waals surface area contributed by atoms with E-state index in [1.807, 2.05) is 60.7 Å². The first-order valence-corrected chi connectivity index (χ1v) is 9.85. The Hall–Kier alpha value is -1.58. The van der Waals surface area contributed by atoms with Gasteiger partial charge in [0.2, 0.25) is 0 Å². The van der Waals surface area contributed by atoms with Crippen molar-refractivity contribution >= 4 is 31.4 Å². The van der Waals surface area contributed by atoms with Crippen LogP contribution in [-0.2, 0) is 13.6 Å². The van der Waals surface area contributed by atoms with Crippen LogP contribution in [0.4, 0.5) is 0 Å². The van der Waals surface area contributed by atoms with Crippen molar-refractivity contribution < 1.29 is 13.6 Å². The Morgan fingerprint density at radius 2 is 1.21 bits per heavy atom. The van der Waals surface area contributed by atoms with Crippen molar-refractivity contribution in [3.05, 3.63) is 84.9 Å². The number of benzene rings is 2. The van der Waals surface area contributed by atoms with Crippen molar-refractivity contribution in [2.45, 2.75) is 0 Å². The summed E-state index contributed by atoms with van der Waals surface area (Å²) in [5.41, 5.74) is 3.36. The van der Waals surface area contributed by atoms with E-state index >= 15 is 0 Å². The fraction of sp³-hybridized carbons (Fsp3) is 0.158. The second-order valence-corrected chi connectivity index (χ2v) is 8.11. The van der Waals surface area contributed by atoms with Crippen LogP contribution in [0.15, 0.2) is 73.8 Å². The van der Waals surface area contributed by atoms with Crippen molar-refractivity contribution in [2.75, 3.05) is 18.7 Å². The number of hydrogen-bond acceptors (Lipinski definition) is 4. The van der Waals surface area contributed by atoms with Crippen molar-refractivity contribution in [1.29, 1.82) is 0 Å². The summed E-state index contributed by atoms with van der Waals surface area (Å²) < 4.78 is 23.6. The molecule has 126 valence electrons. The quantitative estimate of drug-likeness (QED) is 0.472. The van der Waals surface area contributed by atoms with Gasteiger partial charge in [0.05, 0.1) is 18.7 Å². The van der Waals surface area contributed by atoms with Gasteiger partial charge in [0.1, 0.15) is 0 Å². The van der Waals surface area contributed by atoms with Crippen LogP contribution < -0.4 is 0 Å². The molecule has 24 heavy (non-hydrogen) atoms. The molecular formula is C19H21O3PS. The fourth-order valence-electron chi connectivity index (χ4n) is 1.99. The Bertz CT molecular complexity index is 669. The summed E-state index contributed by atoms with van der Waals surface area (Å²) in [6.07, 6.45) is 0. The lowest BCUT2D eigenvalue weighted by Crippen LogP contribution is -2.03. The molecule has 0 aliphatic rings. The lowest BCUT2D eigenvalue weighted by molar-refractivity contribution is 0.246. The normalized spacial score (nSPS) is 11.2. The number of rotatable bonds is 9. The molecular weight excluding hydrogens is 339 g/mol. The molecule has 0 saturated heterocycles. The fourth-order valence-corrected chi connectivity index (χ4v) is 3.42. The van der Waals surface area contributed by atoms with E-state index < -0.39 is 7.60 Å². The van der Waals surface area contributed by atoms with Gasteiger partial charge in [0.25, 0.3) is 0 Å². The first kappa shape index (κ1) is 18.8. The molecule has 5 heteroatoms. The first-order chi connectivity index (χ1) is 11.5. The van der Waals surface area contributed by atoms with Crippen molar-refractivity contribution in [3.8, 4) is 0 Å². The van der Waals surface area contributed by atoms with Crippen LogP contribution in [0.5, 0.6) is 0 Å². The van der Waals surface area contributed by atoms with Gasteiger partial charge in [-0.25, -0.2) is 0 Å². The predicted molar refractivity (Wildman–Crippen MR) is 104 cm³/mol. The molecule has 2 aromatic rings. The van der Waals surface area contributed by atoms with Gasteiger partial charge in [-0.3, -0.25) is 4.57 Å². The highest BCUT2D eigenvalue weighted by Crippen LogP contribution is 2.50. The van der Waals surface area contributed by atoms with Crippen LogP contribution in [0.25, 0.3) is 11.1 Å². The Morgan fingerprint density at radius 1 is 0.833 bits per heavy atom. The molecule has 0 bridgehead atoms. The van der Waals surface area contributed by atoms with Crippen molar-refractivity contribution in [2.24, 2.45) is 0 Å². The number of hydrogen-bond donors (Lipinski definition) is 1. The molecule has 0 saturated carbocycles. The van der Waals surface area contributed by atoms with Crippen molar-refractivity contribution in [3.63, 3.8) is 0 Å². The zero-order valence-corrected chi connectivity index (χ0v) is 15.2. The topological polar surface area (TPSA) is 35.5 Å². The predicted octanol–water partition coefficient (Wildman–Crippen LogP) is 5.53. The van der Waals surface area contributed by atoms with E-state index in [2.05, 4.69) is 25.8 Å². The first-order valence-electron chi connectivity index (χ1n) is 7.49. The molecule has 0 heterocycles. The minimum atomic E-state index is -3.31. The SMILES string of the molecule is C=C(COP(=O)(CS)OCC(=C)c1ccccc1)c1ccccc1. The molecule has 0 aromatic heterocycles. The maximum absolute atomic E-state index is 12.7.